The first kappa shape index (κ1) is 13.3. The molecule has 0 aliphatic rings. The van der Waals surface area contributed by atoms with E-state index in [2.05, 4.69) is 20.9 Å². The summed E-state index contributed by atoms with van der Waals surface area (Å²) in [4.78, 5) is 4.15. The normalized spacial score (nSPS) is 12.2. The maximum Gasteiger partial charge on any atom is 0.219 e. The fraction of sp³-hybridized carbons (Fsp3) is 0.154. The Morgan fingerprint density at radius 2 is 2.11 bits per heavy atom. The van der Waals surface area contributed by atoms with Crippen LogP contribution < -0.4 is 10.5 Å². The molecule has 0 bridgehead atoms. The zero-order chi connectivity index (χ0) is 13.1. The fourth-order valence-corrected chi connectivity index (χ4v) is 2.20. The van der Waals surface area contributed by atoms with Gasteiger partial charge in [-0.1, -0.05) is 11.6 Å². The number of halogens is 2. The molecule has 94 valence electrons. The number of rotatable bonds is 3. The lowest BCUT2D eigenvalue weighted by atomic mass is 10.1. The topological polar surface area (TPSA) is 48.1 Å². The summed E-state index contributed by atoms with van der Waals surface area (Å²) in [5.41, 5.74) is 6.79. The minimum atomic E-state index is -0.0518. The molecule has 1 aromatic carbocycles. The second-order valence-corrected chi connectivity index (χ2v) is 5.18. The van der Waals surface area contributed by atoms with Crippen molar-refractivity contribution in [3.8, 4) is 11.6 Å². The molecule has 0 saturated heterocycles. The average Bonchev–Trinajstić information content (AvgIpc) is 2.33. The smallest absolute Gasteiger partial charge is 0.219 e. The van der Waals surface area contributed by atoms with Gasteiger partial charge < -0.3 is 10.5 Å². The minimum Gasteiger partial charge on any atom is -0.438 e. The molecule has 1 aromatic heterocycles. The van der Waals surface area contributed by atoms with E-state index in [0.717, 1.165) is 10.0 Å². The summed E-state index contributed by atoms with van der Waals surface area (Å²) in [5.74, 6) is 1.17. The van der Waals surface area contributed by atoms with Gasteiger partial charge in [0.2, 0.25) is 5.88 Å². The number of hydrogen-bond acceptors (Lipinski definition) is 3. The Balaban J connectivity index is 2.25. The second-order valence-electron chi connectivity index (χ2n) is 3.89. The lowest BCUT2D eigenvalue weighted by Gasteiger charge is -2.10. The Morgan fingerprint density at radius 3 is 2.78 bits per heavy atom. The van der Waals surface area contributed by atoms with E-state index in [-0.39, 0.29) is 6.04 Å². The molecule has 1 atom stereocenters. The van der Waals surface area contributed by atoms with Crippen molar-refractivity contribution in [2.45, 2.75) is 13.0 Å². The molecule has 0 radical (unpaired) electrons. The van der Waals surface area contributed by atoms with E-state index in [4.69, 9.17) is 22.1 Å². The van der Waals surface area contributed by atoms with Gasteiger partial charge in [-0.15, -0.1) is 0 Å². The Bertz CT molecular complexity index is 560. The highest BCUT2D eigenvalue weighted by molar-refractivity contribution is 9.10. The number of aromatic nitrogens is 1. The number of hydrogen-bond donors (Lipinski definition) is 1. The van der Waals surface area contributed by atoms with Crippen molar-refractivity contribution in [3.05, 3.63) is 51.6 Å². The molecule has 2 aromatic rings. The number of nitrogens with two attached hydrogens (primary N) is 1. The standard InChI is InChI=1S/C13H12BrClN2O/c1-8(16)9-4-5-17-13(6-9)18-12-3-2-10(15)7-11(12)14/h2-8H,16H2,1H3/t8-/m0/s1. The minimum absolute atomic E-state index is 0.0518. The Kier molecular flexibility index (Phi) is 4.22. The number of benzene rings is 1. The number of pyridine rings is 1. The first-order chi connectivity index (χ1) is 8.56. The maximum absolute atomic E-state index is 5.87. The SMILES string of the molecule is C[C@H](N)c1ccnc(Oc2ccc(Cl)cc2Br)c1. The van der Waals surface area contributed by atoms with Gasteiger partial charge in [-0.05, 0) is 52.7 Å². The van der Waals surface area contributed by atoms with Crippen molar-refractivity contribution in [2.75, 3.05) is 0 Å². The average molecular weight is 328 g/mol. The zero-order valence-corrected chi connectivity index (χ0v) is 12.1. The van der Waals surface area contributed by atoms with Crippen LogP contribution in [-0.2, 0) is 0 Å². The van der Waals surface area contributed by atoms with Crippen molar-refractivity contribution in [3.63, 3.8) is 0 Å². The molecule has 2 rings (SSSR count). The number of ether oxygens (including phenoxy) is 1. The summed E-state index contributed by atoms with van der Waals surface area (Å²) >= 11 is 9.26. The molecule has 2 N–H and O–H groups in total. The van der Waals surface area contributed by atoms with Crippen molar-refractivity contribution in [2.24, 2.45) is 5.73 Å². The van der Waals surface area contributed by atoms with E-state index < -0.39 is 0 Å². The van der Waals surface area contributed by atoms with Crippen LogP contribution in [0.25, 0.3) is 0 Å². The van der Waals surface area contributed by atoms with Gasteiger partial charge in [0, 0.05) is 23.3 Å². The molecule has 0 saturated carbocycles. The lowest BCUT2D eigenvalue weighted by Crippen LogP contribution is -2.05. The van der Waals surface area contributed by atoms with Gasteiger partial charge in [0.25, 0.3) is 0 Å². The third kappa shape index (κ3) is 3.22. The van der Waals surface area contributed by atoms with E-state index in [1.54, 1.807) is 24.4 Å². The molecule has 0 aliphatic heterocycles. The van der Waals surface area contributed by atoms with Gasteiger partial charge in [-0.2, -0.15) is 0 Å². The zero-order valence-electron chi connectivity index (χ0n) is 9.73. The van der Waals surface area contributed by atoms with E-state index in [1.807, 2.05) is 19.1 Å². The first-order valence-electron chi connectivity index (χ1n) is 5.40. The van der Waals surface area contributed by atoms with Crippen LogP contribution in [0.1, 0.15) is 18.5 Å². The van der Waals surface area contributed by atoms with E-state index in [1.165, 1.54) is 0 Å². The van der Waals surface area contributed by atoms with Crippen LogP contribution in [0.5, 0.6) is 11.6 Å². The van der Waals surface area contributed by atoms with Gasteiger partial charge in [0.1, 0.15) is 5.75 Å². The highest BCUT2D eigenvalue weighted by Gasteiger charge is 2.06. The third-order valence-corrected chi connectivity index (χ3v) is 3.25. The van der Waals surface area contributed by atoms with Gasteiger partial charge in [-0.25, -0.2) is 4.98 Å². The molecule has 1 heterocycles. The molecule has 0 aliphatic carbocycles. The third-order valence-electron chi connectivity index (χ3n) is 2.39. The lowest BCUT2D eigenvalue weighted by molar-refractivity contribution is 0.459. The van der Waals surface area contributed by atoms with E-state index in [0.29, 0.717) is 16.7 Å². The quantitative estimate of drug-likeness (QED) is 0.914. The molecule has 18 heavy (non-hydrogen) atoms. The molecule has 5 heteroatoms. The second kappa shape index (κ2) is 5.69. The van der Waals surface area contributed by atoms with Crippen LogP contribution in [0.2, 0.25) is 5.02 Å². The predicted octanol–water partition coefficient (Wildman–Crippen LogP) is 4.31. The van der Waals surface area contributed by atoms with Crippen molar-refractivity contribution in [1.82, 2.24) is 4.98 Å². The molecular formula is C13H12BrClN2O. The van der Waals surface area contributed by atoms with Crippen LogP contribution >= 0.6 is 27.5 Å². The van der Waals surface area contributed by atoms with E-state index in [9.17, 15) is 0 Å². The van der Waals surface area contributed by atoms with Crippen molar-refractivity contribution >= 4 is 27.5 Å². The Morgan fingerprint density at radius 1 is 1.33 bits per heavy atom. The summed E-state index contributed by atoms with van der Waals surface area (Å²) in [6.45, 7) is 1.91. The largest absolute Gasteiger partial charge is 0.438 e. The summed E-state index contributed by atoms with van der Waals surface area (Å²) in [5, 5.41) is 0.645. The summed E-state index contributed by atoms with van der Waals surface area (Å²) in [6.07, 6.45) is 1.68. The maximum atomic E-state index is 5.87. The van der Waals surface area contributed by atoms with Crippen LogP contribution in [-0.4, -0.2) is 4.98 Å². The predicted molar refractivity (Wildman–Crippen MR) is 76.1 cm³/mol. The Labute approximate surface area is 119 Å². The van der Waals surface area contributed by atoms with Gasteiger partial charge >= 0.3 is 0 Å². The molecular weight excluding hydrogens is 316 g/mol. The van der Waals surface area contributed by atoms with Crippen molar-refractivity contribution in [1.29, 1.82) is 0 Å². The Hall–Kier alpha value is -1.10. The van der Waals surface area contributed by atoms with Crippen LogP contribution in [0.3, 0.4) is 0 Å². The summed E-state index contributed by atoms with van der Waals surface area (Å²) < 4.78 is 6.46. The van der Waals surface area contributed by atoms with Crippen molar-refractivity contribution < 1.29 is 4.74 Å². The fourth-order valence-electron chi connectivity index (χ4n) is 1.43. The highest BCUT2D eigenvalue weighted by Crippen LogP contribution is 2.31. The van der Waals surface area contributed by atoms with E-state index >= 15 is 0 Å². The molecule has 0 amide bonds. The first-order valence-corrected chi connectivity index (χ1v) is 6.58. The summed E-state index contributed by atoms with van der Waals surface area (Å²) in [7, 11) is 0. The van der Waals surface area contributed by atoms with Gasteiger partial charge in [-0.3, -0.25) is 0 Å². The molecule has 0 fully saturated rings. The van der Waals surface area contributed by atoms with Gasteiger partial charge in [0.05, 0.1) is 4.47 Å². The molecule has 0 spiro atoms. The highest BCUT2D eigenvalue weighted by atomic mass is 79.9. The number of nitrogens with zero attached hydrogens (tertiary/aromatic N) is 1. The molecule has 0 unspecified atom stereocenters. The van der Waals surface area contributed by atoms with Crippen LogP contribution in [0, 0.1) is 0 Å². The summed E-state index contributed by atoms with van der Waals surface area (Å²) in [6, 6.07) is 8.96. The molecule has 3 nitrogen and oxygen atoms in total. The van der Waals surface area contributed by atoms with Crippen LogP contribution in [0.4, 0.5) is 0 Å². The monoisotopic (exact) mass is 326 g/mol. The van der Waals surface area contributed by atoms with Crippen LogP contribution in [0.15, 0.2) is 41.0 Å². The van der Waals surface area contributed by atoms with Gasteiger partial charge in [0.15, 0.2) is 0 Å².